The number of hydrogen-bond acceptors (Lipinski definition) is 1. The lowest BCUT2D eigenvalue weighted by molar-refractivity contribution is 0.305. The molecule has 1 nitrogen and oxygen atoms in total. The molecule has 19 heavy (non-hydrogen) atoms. The molecule has 0 saturated heterocycles. The van der Waals surface area contributed by atoms with Crippen LogP contribution >= 0.6 is 55.1 Å². The van der Waals surface area contributed by atoms with Gasteiger partial charge in [0.1, 0.15) is 18.2 Å². The van der Waals surface area contributed by atoms with E-state index in [4.69, 9.17) is 27.9 Å². The van der Waals surface area contributed by atoms with Crippen molar-refractivity contribution in [1.29, 1.82) is 0 Å². The molecule has 0 aromatic heterocycles. The Morgan fingerprint density at radius 1 is 1.11 bits per heavy atom. The topological polar surface area (TPSA) is 9.23 Å². The third-order valence-corrected chi connectivity index (χ3v) is 4.77. The van der Waals surface area contributed by atoms with E-state index in [1.165, 1.54) is 6.07 Å². The minimum absolute atomic E-state index is 0.191. The molecular weight excluding hydrogens is 422 g/mol. The molecule has 0 aliphatic carbocycles. The van der Waals surface area contributed by atoms with E-state index >= 15 is 0 Å². The Kier molecular flexibility index (Phi) is 5.12. The van der Waals surface area contributed by atoms with E-state index in [9.17, 15) is 4.39 Å². The highest BCUT2D eigenvalue weighted by Gasteiger charge is 2.09. The SMILES string of the molecule is Fc1cccc(COc2cc(Cl)c(Br)cc2Cl)c1Br. The lowest BCUT2D eigenvalue weighted by Crippen LogP contribution is -1.98. The monoisotopic (exact) mass is 426 g/mol. The van der Waals surface area contributed by atoms with Gasteiger partial charge < -0.3 is 4.74 Å². The van der Waals surface area contributed by atoms with Crippen LogP contribution in [0.3, 0.4) is 0 Å². The molecule has 2 aromatic carbocycles. The van der Waals surface area contributed by atoms with Crippen LogP contribution in [0.1, 0.15) is 5.56 Å². The Morgan fingerprint density at radius 3 is 2.58 bits per heavy atom. The maximum absolute atomic E-state index is 13.3. The highest BCUT2D eigenvalue weighted by molar-refractivity contribution is 9.10. The van der Waals surface area contributed by atoms with Crippen LogP contribution in [0.2, 0.25) is 10.0 Å². The van der Waals surface area contributed by atoms with Gasteiger partial charge in [0.15, 0.2) is 0 Å². The zero-order valence-corrected chi connectivity index (χ0v) is 14.1. The molecule has 0 saturated carbocycles. The van der Waals surface area contributed by atoms with Crippen LogP contribution in [0.4, 0.5) is 4.39 Å². The zero-order chi connectivity index (χ0) is 14.0. The average molecular weight is 429 g/mol. The summed E-state index contributed by atoms with van der Waals surface area (Å²) in [6.07, 6.45) is 0. The largest absolute Gasteiger partial charge is 0.487 e. The number of hydrogen-bond donors (Lipinski definition) is 0. The smallest absolute Gasteiger partial charge is 0.139 e. The van der Waals surface area contributed by atoms with Crippen LogP contribution in [0.25, 0.3) is 0 Å². The molecule has 6 heteroatoms. The first-order chi connectivity index (χ1) is 8.99. The quantitative estimate of drug-likeness (QED) is 0.526. The van der Waals surface area contributed by atoms with Crippen molar-refractivity contribution in [3.8, 4) is 5.75 Å². The van der Waals surface area contributed by atoms with Crippen LogP contribution in [0, 0.1) is 5.82 Å². The van der Waals surface area contributed by atoms with Gasteiger partial charge in [-0.1, -0.05) is 35.3 Å². The van der Waals surface area contributed by atoms with Crippen molar-refractivity contribution in [2.45, 2.75) is 6.61 Å². The Hall–Kier alpha value is -0.290. The summed E-state index contributed by atoms with van der Waals surface area (Å²) in [5.41, 5.74) is 0.690. The van der Waals surface area contributed by atoms with Crippen LogP contribution < -0.4 is 4.74 Å². The third-order valence-electron chi connectivity index (χ3n) is 2.39. The molecule has 0 aliphatic rings. The maximum atomic E-state index is 13.3. The molecule has 0 bridgehead atoms. The summed E-state index contributed by atoms with van der Waals surface area (Å²) in [7, 11) is 0. The van der Waals surface area contributed by atoms with Crippen molar-refractivity contribution in [3.05, 3.63) is 60.7 Å². The fourth-order valence-electron chi connectivity index (χ4n) is 1.43. The molecule has 0 aliphatic heterocycles. The summed E-state index contributed by atoms with van der Waals surface area (Å²) in [6.45, 7) is 0.191. The van der Waals surface area contributed by atoms with Crippen molar-refractivity contribution in [1.82, 2.24) is 0 Å². The Morgan fingerprint density at radius 2 is 1.84 bits per heavy atom. The van der Waals surface area contributed by atoms with E-state index < -0.39 is 0 Å². The Labute approximate surface area is 136 Å². The molecule has 0 N–H and O–H groups in total. The minimum Gasteiger partial charge on any atom is -0.487 e. The van der Waals surface area contributed by atoms with E-state index in [0.29, 0.717) is 30.3 Å². The highest BCUT2D eigenvalue weighted by atomic mass is 79.9. The van der Waals surface area contributed by atoms with Crippen molar-refractivity contribution in [3.63, 3.8) is 0 Å². The number of rotatable bonds is 3. The second kappa shape index (κ2) is 6.44. The fourth-order valence-corrected chi connectivity index (χ4v) is 2.66. The van der Waals surface area contributed by atoms with Gasteiger partial charge in [0.25, 0.3) is 0 Å². The van der Waals surface area contributed by atoms with Crippen LogP contribution in [-0.4, -0.2) is 0 Å². The molecule has 2 aromatic rings. The molecular formula is C13H7Br2Cl2FO. The van der Waals surface area contributed by atoms with E-state index in [-0.39, 0.29) is 12.4 Å². The lowest BCUT2D eigenvalue weighted by atomic mass is 10.2. The summed E-state index contributed by atoms with van der Waals surface area (Å²) in [4.78, 5) is 0. The van der Waals surface area contributed by atoms with Gasteiger partial charge in [-0.3, -0.25) is 0 Å². The molecule has 0 atom stereocenters. The molecule has 0 heterocycles. The molecule has 2 rings (SSSR count). The van der Waals surface area contributed by atoms with Gasteiger partial charge >= 0.3 is 0 Å². The normalized spacial score (nSPS) is 10.6. The first-order valence-electron chi connectivity index (χ1n) is 5.19. The van der Waals surface area contributed by atoms with Crippen molar-refractivity contribution >= 4 is 55.1 Å². The number of halogens is 5. The highest BCUT2D eigenvalue weighted by Crippen LogP contribution is 2.34. The predicted octanol–water partition coefficient (Wildman–Crippen LogP) is 6.24. The molecule has 0 fully saturated rings. The first kappa shape index (κ1) is 15.1. The standard InChI is InChI=1S/C13H7Br2Cl2FO/c14-8-4-10(17)12(5-9(8)16)19-6-7-2-1-3-11(18)13(7)15/h1-5H,6H2. The van der Waals surface area contributed by atoms with Crippen LogP contribution in [0.5, 0.6) is 5.75 Å². The second-order valence-corrected chi connectivity index (χ2v) is 6.16. The second-order valence-electron chi connectivity index (χ2n) is 3.70. The zero-order valence-electron chi connectivity index (χ0n) is 9.39. The van der Waals surface area contributed by atoms with E-state index in [0.717, 1.165) is 0 Å². The summed E-state index contributed by atoms with van der Waals surface area (Å²) < 4.78 is 20.0. The summed E-state index contributed by atoms with van der Waals surface area (Å²) in [5.74, 6) is 0.118. The Bertz CT molecular complexity index is 620. The van der Waals surface area contributed by atoms with Crippen molar-refractivity contribution < 1.29 is 9.13 Å². The van der Waals surface area contributed by atoms with Gasteiger partial charge in [0.2, 0.25) is 0 Å². The summed E-state index contributed by atoms with van der Waals surface area (Å²) in [6, 6.07) is 8.02. The molecule has 0 unspecified atom stereocenters. The summed E-state index contributed by atoms with van der Waals surface area (Å²) in [5, 5.41) is 0.932. The molecule has 0 radical (unpaired) electrons. The van der Waals surface area contributed by atoms with Crippen LogP contribution in [-0.2, 0) is 6.61 Å². The van der Waals surface area contributed by atoms with Gasteiger partial charge in [0.05, 0.1) is 14.5 Å². The third kappa shape index (κ3) is 3.63. The molecule has 0 spiro atoms. The van der Waals surface area contributed by atoms with Gasteiger partial charge in [-0.15, -0.1) is 0 Å². The minimum atomic E-state index is -0.332. The average Bonchev–Trinajstić information content (AvgIpc) is 2.37. The van der Waals surface area contributed by atoms with Crippen molar-refractivity contribution in [2.24, 2.45) is 0 Å². The Balaban J connectivity index is 2.19. The van der Waals surface area contributed by atoms with Gasteiger partial charge in [-0.2, -0.15) is 0 Å². The fraction of sp³-hybridized carbons (Fsp3) is 0.0769. The number of ether oxygens (including phenoxy) is 1. The van der Waals surface area contributed by atoms with Crippen molar-refractivity contribution in [2.75, 3.05) is 0 Å². The lowest BCUT2D eigenvalue weighted by Gasteiger charge is -2.11. The van der Waals surface area contributed by atoms with E-state index in [1.54, 1.807) is 24.3 Å². The van der Waals surface area contributed by atoms with Crippen LogP contribution in [0.15, 0.2) is 39.3 Å². The predicted molar refractivity (Wildman–Crippen MR) is 82.6 cm³/mol. The summed E-state index contributed by atoms with van der Waals surface area (Å²) >= 11 is 18.5. The van der Waals surface area contributed by atoms with Gasteiger partial charge in [-0.05, 0) is 44.0 Å². The molecule has 100 valence electrons. The first-order valence-corrected chi connectivity index (χ1v) is 7.53. The van der Waals surface area contributed by atoms with Gasteiger partial charge in [0, 0.05) is 16.1 Å². The maximum Gasteiger partial charge on any atom is 0.139 e. The molecule has 0 amide bonds. The van der Waals surface area contributed by atoms with E-state index in [2.05, 4.69) is 31.9 Å². The number of benzene rings is 2. The van der Waals surface area contributed by atoms with Gasteiger partial charge in [-0.25, -0.2) is 4.39 Å². The van der Waals surface area contributed by atoms with E-state index in [1.807, 2.05) is 0 Å².